The topological polar surface area (TPSA) is 11.4 Å². The van der Waals surface area contributed by atoms with Crippen molar-refractivity contribution in [2.45, 2.75) is 32.1 Å². The van der Waals surface area contributed by atoms with Gasteiger partial charge in [0.15, 0.2) is 0 Å². The highest BCUT2D eigenvalue weighted by molar-refractivity contribution is 6.12. The smallest absolute Gasteiger partial charge is 0.311 e. The summed E-state index contributed by atoms with van der Waals surface area (Å²) in [4.78, 5) is 3.63. The van der Waals surface area contributed by atoms with Crippen molar-refractivity contribution in [2.75, 3.05) is 9.80 Å². The van der Waals surface area contributed by atoms with Crippen molar-refractivity contribution in [2.24, 2.45) is 0 Å². The molecule has 3 nitrogen and oxygen atoms in total. The van der Waals surface area contributed by atoms with E-state index < -0.39 is 23.5 Å². The molecular weight excluding hydrogens is 697 g/mol. The van der Waals surface area contributed by atoms with Gasteiger partial charge in [-0.1, -0.05) is 54.6 Å². The highest BCUT2D eigenvalue weighted by atomic mass is 19.4. The maximum atomic E-state index is 14.0. The summed E-state index contributed by atoms with van der Waals surface area (Å²) in [6, 6.07) is 39.5. The monoisotopic (exact) mass is 729 g/mol. The molecule has 7 aromatic rings. The summed E-state index contributed by atoms with van der Waals surface area (Å²) < 4.78 is 85.9. The van der Waals surface area contributed by atoms with E-state index in [4.69, 9.17) is 0 Å². The lowest BCUT2D eigenvalue weighted by molar-refractivity contribution is -0.138. The molecule has 0 fully saturated rings. The number of alkyl halides is 6. The van der Waals surface area contributed by atoms with Crippen molar-refractivity contribution in [3.8, 4) is 5.69 Å². The molecular formula is C45H33F6N3. The van der Waals surface area contributed by atoms with E-state index in [1.165, 1.54) is 12.1 Å². The first kappa shape index (κ1) is 34.8. The van der Waals surface area contributed by atoms with E-state index in [2.05, 4.69) is 10.6 Å². The van der Waals surface area contributed by atoms with Crippen LogP contribution in [0.25, 0.3) is 27.5 Å². The minimum absolute atomic E-state index is 0.338. The van der Waals surface area contributed by atoms with E-state index in [1.54, 1.807) is 17.0 Å². The Kier molecular flexibility index (Phi) is 8.80. The average molecular weight is 730 g/mol. The molecule has 1 aromatic heterocycles. The second-order valence-corrected chi connectivity index (χ2v) is 13.3. The summed E-state index contributed by atoms with van der Waals surface area (Å²) >= 11 is 0. The first-order chi connectivity index (χ1) is 26.0. The summed E-state index contributed by atoms with van der Waals surface area (Å²) in [6.07, 6.45) is -1.53. The van der Waals surface area contributed by atoms with Gasteiger partial charge in [-0.3, -0.25) is 0 Å². The lowest BCUT2D eigenvalue weighted by Crippen LogP contribution is -2.17. The fourth-order valence-electron chi connectivity index (χ4n) is 7.20. The normalized spacial score (nSPS) is 13.4. The fraction of sp³-hybridized carbons (Fsp3) is 0.111. The predicted molar refractivity (Wildman–Crippen MR) is 205 cm³/mol. The number of para-hydroxylation sites is 1. The third-order valence-corrected chi connectivity index (χ3v) is 9.62. The number of hydrogen-bond acceptors (Lipinski definition) is 2. The van der Waals surface area contributed by atoms with Crippen LogP contribution in [-0.4, -0.2) is 4.57 Å². The Morgan fingerprint density at radius 2 is 1.04 bits per heavy atom. The van der Waals surface area contributed by atoms with E-state index in [-0.39, 0.29) is 0 Å². The summed E-state index contributed by atoms with van der Waals surface area (Å²) in [7, 11) is 0. The molecule has 1 aliphatic rings. The molecule has 0 bridgehead atoms. The molecule has 0 amide bonds. The fourth-order valence-corrected chi connectivity index (χ4v) is 7.20. The lowest BCUT2D eigenvalue weighted by atomic mass is 10.1. The number of hydrogen-bond donors (Lipinski definition) is 0. The molecule has 0 saturated heterocycles. The minimum Gasteiger partial charge on any atom is -0.311 e. The van der Waals surface area contributed by atoms with E-state index in [1.807, 2.05) is 115 Å². The van der Waals surface area contributed by atoms with E-state index in [0.29, 0.717) is 28.4 Å². The molecule has 6 aromatic carbocycles. The van der Waals surface area contributed by atoms with Crippen LogP contribution < -0.4 is 9.80 Å². The predicted octanol–water partition coefficient (Wildman–Crippen LogP) is 14.0. The molecule has 270 valence electrons. The van der Waals surface area contributed by atoms with Gasteiger partial charge < -0.3 is 14.4 Å². The molecule has 0 saturated carbocycles. The van der Waals surface area contributed by atoms with Crippen LogP contribution in [-0.2, 0) is 12.4 Å². The van der Waals surface area contributed by atoms with Gasteiger partial charge in [0.05, 0.1) is 22.2 Å². The Balaban J connectivity index is 1.38. The van der Waals surface area contributed by atoms with E-state index in [0.717, 1.165) is 75.9 Å². The summed E-state index contributed by atoms with van der Waals surface area (Å²) in [5, 5.41) is 1.64. The van der Waals surface area contributed by atoms with Gasteiger partial charge in [0.2, 0.25) is 0 Å². The summed E-state index contributed by atoms with van der Waals surface area (Å²) in [5.74, 6) is 0. The van der Waals surface area contributed by atoms with Crippen LogP contribution in [0, 0.1) is 6.92 Å². The van der Waals surface area contributed by atoms with Gasteiger partial charge in [0.25, 0.3) is 0 Å². The third kappa shape index (κ3) is 6.62. The van der Waals surface area contributed by atoms with Crippen LogP contribution in [0.2, 0.25) is 0 Å². The zero-order valence-corrected chi connectivity index (χ0v) is 29.0. The van der Waals surface area contributed by atoms with Crippen LogP contribution in [0.4, 0.5) is 54.8 Å². The molecule has 0 radical (unpaired) electrons. The maximum Gasteiger partial charge on any atom is 0.416 e. The van der Waals surface area contributed by atoms with Gasteiger partial charge in [0, 0.05) is 50.6 Å². The van der Waals surface area contributed by atoms with Gasteiger partial charge in [-0.25, -0.2) is 0 Å². The number of aryl methyl sites for hydroxylation is 1. The van der Waals surface area contributed by atoms with Gasteiger partial charge in [-0.15, -0.1) is 0 Å². The Morgan fingerprint density at radius 3 is 1.59 bits per heavy atom. The molecule has 0 aliphatic heterocycles. The second-order valence-electron chi connectivity index (χ2n) is 13.3. The van der Waals surface area contributed by atoms with Gasteiger partial charge >= 0.3 is 12.4 Å². The van der Waals surface area contributed by atoms with Gasteiger partial charge in [-0.05, 0) is 128 Å². The lowest BCUT2D eigenvalue weighted by Gasteiger charge is -2.28. The van der Waals surface area contributed by atoms with Crippen LogP contribution in [0.1, 0.15) is 29.5 Å². The number of rotatable bonds is 7. The van der Waals surface area contributed by atoms with Crippen LogP contribution in [0.15, 0.2) is 163 Å². The van der Waals surface area contributed by atoms with Crippen LogP contribution in [0.3, 0.4) is 0 Å². The number of allylic oxidation sites excluding steroid dienone is 3. The van der Waals surface area contributed by atoms with Crippen molar-refractivity contribution in [1.82, 2.24) is 4.57 Å². The van der Waals surface area contributed by atoms with Gasteiger partial charge in [-0.2, -0.15) is 26.3 Å². The Hall–Kier alpha value is -6.22. The van der Waals surface area contributed by atoms with E-state index in [9.17, 15) is 26.3 Å². The number of nitrogens with zero attached hydrogens (tertiary/aromatic N) is 3. The Morgan fingerprint density at radius 1 is 0.500 bits per heavy atom. The van der Waals surface area contributed by atoms with Crippen LogP contribution >= 0.6 is 0 Å². The first-order valence-electron chi connectivity index (χ1n) is 17.5. The highest BCUT2D eigenvalue weighted by Gasteiger charge is 2.32. The largest absolute Gasteiger partial charge is 0.416 e. The molecule has 0 unspecified atom stereocenters. The molecule has 8 rings (SSSR count). The number of halogens is 6. The quantitative estimate of drug-likeness (QED) is 0.151. The molecule has 0 spiro atoms. The molecule has 54 heavy (non-hydrogen) atoms. The second kappa shape index (κ2) is 13.6. The number of anilines is 5. The standard InChI is InChI=1S/C45H33F6N3/c1-30-11-8-18-35(25-30)54-42-23-21-38(52(33-14-4-2-5-15-33)36-19-9-12-31(26-36)44(46,47)48)28-40(42)41-29-39(22-24-43(41)54)53(34-16-6-3-7-17-34)37-20-10-13-32(27-37)45(49,50)51/h2,4-6,8-29H,3,7H2,1H3. The molecule has 0 N–H and O–H groups in total. The molecule has 1 heterocycles. The molecule has 9 heteroatoms. The van der Waals surface area contributed by atoms with Crippen molar-refractivity contribution < 1.29 is 26.3 Å². The maximum absolute atomic E-state index is 14.0. The van der Waals surface area contributed by atoms with Gasteiger partial charge in [0.1, 0.15) is 0 Å². The Bertz CT molecular complexity index is 2560. The molecule has 1 aliphatic carbocycles. The highest BCUT2D eigenvalue weighted by Crippen LogP contribution is 2.44. The minimum atomic E-state index is -4.53. The summed E-state index contributed by atoms with van der Waals surface area (Å²) in [6.45, 7) is 2.01. The number of benzene rings is 6. The zero-order valence-electron chi connectivity index (χ0n) is 29.0. The number of fused-ring (bicyclic) bond motifs is 3. The SMILES string of the molecule is Cc1cccc(-n2c3ccc(N(C4=CCCC=C4)c4cccc(C(F)(F)F)c4)cc3c3cc(N(c4ccccc4)c4cccc(C(F)(F)F)c4)ccc32)c1. The van der Waals surface area contributed by atoms with Crippen LogP contribution in [0.5, 0.6) is 0 Å². The van der Waals surface area contributed by atoms with Crippen molar-refractivity contribution in [3.05, 3.63) is 180 Å². The first-order valence-corrected chi connectivity index (χ1v) is 17.5. The van der Waals surface area contributed by atoms with Crippen molar-refractivity contribution >= 4 is 50.2 Å². The molecule has 0 atom stereocenters. The van der Waals surface area contributed by atoms with E-state index >= 15 is 0 Å². The Labute approximate surface area is 308 Å². The van der Waals surface area contributed by atoms with Crippen molar-refractivity contribution in [1.29, 1.82) is 0 Å². The van der Waals surface area contributed by atoms with Crippen molar-refractivity contribution in [3.63, 3.8) is 0 Å². The third-order valence-electron chi connectivity index (χ3n) is 9.62. The number of aromatic nitrogens is 1. The zero-order chi connectivity index (χ0) is 37.6. The summed E-state index contributed by atoms with van der Waals surface area (Å²) in [5.41, 5.74) is 5.61. The average Bonchev–Trinajstić information content (AvgIpc) is 3.49.